The van der Waals surface area contributed by atoms with Gasteiger partial charge < -0.3 is 15.8 Å². The number of nitrogens with two attached hydrogens (primary N) is 1. The van der Waals surface area contributed by atoms with Crippen LogP contribution in [0.2, 0.25) is 0 Å². The first kappa shape index (κ1) is 13.0. The van der Waals surface area contributed by atoms with Crippen LogP contribution in [-0.4, -0.2) is 33.4 Å². The number of hydrogen-bond acceptors (Lipinski definition) is 4. The van der Waals surface area contributed by atoms with E-state index in [0.717, 1.165) is 5.69 Å². The quantitative estimate of drug-likeness (QED) is 0.338. The second kappa shape index (κ2) is 6.47. The predicted molar refractivity (Wildman–Crippen MR) is 63.4 cm³/mol. The summed E-state index contributed by atoms with van der Waals surface area (Å²) in [6.45, 7) is 2.84. The molecule has 1 aromatic heterocycles. The van der Waals surface area contributed by atoms with Crippen molar-refractivity contribution in [1.29, 1.82) is 0 Å². The molecule has 0 spiro atoms. The zero-order chi connectivity index (χ0) is 12.7. The first-order chi connectivity index (χ1) is 8.17. The number of nitrogens with zero attached hydrogens (tertiary/aromatic N) is 3. The maximum Gasteiger partial charge on any atom is 0.230 e. The van der Waals surface area contributed by atoms with Gasteiger partial charge in [-0.05, 0) is 19.1 Å². The van der Waals surface area contributed by atoms with E-state index in [0.29, 0.717) is 13.1 Å². The molecular formula is C11H16N4O2. The van der Waals surface area contributed by atoms with E-state index < -0.39 is 0 Å². The fourth-order valence-electron chi connectivity index (χ4n) is 1.37. The van der Waals surface area contributed by atoms with Gasteiger partial charge in [-0.2, -0.15) is 0 Å². The molecule has 6 heteroatoms. The molecule has 17 heavy (non-hydrogen) atoms. The number of amidine groups is 1. The van der Waals surface area contributed by atoms with Gasteiger partial charge in [-0.25, -0.2) is 0 Å². The van der Waals surface area contributed by atoms with E-state index in [2.05, 4.69) is 10.1 Å². The minimum absolute atomic E-state index is 0.0861. The average molecular weight is 236 g/mol. The number of pyridine rings is 1. The Labute approximate surface area is 99.7 Å². The molecule has 1 amide bonds. The van der Waals surface area contributed by atoms with Gasteiger partial charge in [0.15, 0.2) is 0 Å². The Kier molecular flexibility index (Phi) is 4.93. The average Bonchev–Trinajstić information content (AvgIpc) is 2.36. The molecule has 0 bridgehead atoms. The number of amides is 1. The molecular weight excluding hydrogens is 220 g/mol. The number of carbonyl (C=O) groups excluding carboxylic acids is 1. The van der Waals surface area contributed by atoms with Crippen molar-refractivity contribution in [2.75, 3.05) is 6.54 Å². The summed E-state index contributed by atoms with van der Waals surface area (Å²) in [7, 11) is 0. The molecule has 0 radical (unpaired) electrons. The zero-order valence-electron chi connectivity index (χ0n) is 9.71. The summed E-state index contributed by atoms with van der Waals surface area (Å²) in [4.78, 5) is 17.5. The highest BCUT2D eigenvalue weighted by atomic mass is 16.4. The Morgan fingerprint density at radius 3 is 2.88 bits per heavy atom. The SMILES string of the molecule is CCN(Cc1ccccn1)C(=O)CC(N)=NO. The minimum atomic E-state index is -0.187. The molecule has 0 saturated heterocycles. The first-order valence-electron chi connectivity index (χ1n) is 5.31. The van der Waals surface area contributed by atoms with Crippen molar-refractivity contribution in [1.82, 2.24) is 9.88 Å². The van der Waals surface area contributed by atoms with Gasteiger partial charge >= 0.3 is 0 Å². The standard InChI is InChI=1S/C11H16N4O2/c1-2-15(11(16)7-10(12)14-17)8-9-5-3-4-6-13-9/h3-6,17H,2,7-8H2,1H3,(H2,12,14). The predicted octanol–water partition coefficient (Wildman–Crippen LogP) is 0.567. The topological polar surface area (TPSA) is 91.8 Å². The summed E-state index contributed by atoms with van der Waals surface area (Å²) in [6.07, 6.45) is 1.59. The Balaban J connectivity index is 2.63. The van der Waals surface area contributed by atoms with Gasteiger partial charge in [0.05, 0.1) is 18.7 Å². The van der Waals surface area contributed by atoms with Crippen molar-refractivity contribution in [2.24, 2.45) is 10.9 Å². The van der Waals surface area contributed by atoms with Crippen molar-refractivity contribution < 1.29 is 10.0 Å². The van der Waals surface area contributed by atoms with Crippen LogP contribution >= 0.6 is 0 Å². The van der Waals surface area contributed by atoms with Gasteiger partial charge in [-0.3, -0.25) is 9.78 Å². The van der Waals surface area contributed by atoms with Crippen LogP contribution in [0, 0.1) is 0 Å². The molecule has 0 fully saturated rings. The highest BCUT2D eigenvalue weighted by Crippen LogP contribution is 2.03. The van der Waals surface area contributed by atoms with E-state index in [1.165, 1.54) is 0 Å². The fourth-order valence-corrected chi connectivity index (χ4v) is 1.37. The summed E-state index contributed by atoms with van der Waals surface area (Å²) in [5, 5.41) is 11.2. The summed E-state index contributed by atoms with van der Waals surface area (Å²) in [5.41, 5.74) is 6.10. The molecule has 0 aliphatic heterocycles. The van der Waals surface area contributed by atoms with Gasteiger partial charge in [0.2, 0.25) is 5.91 Å². The van der Waals surface area contributed by atoms with Crippen LogP contribution in [-0.2, 0) is 11.3 Å². The van der Waals surface area contributed by atoms with Crippen molar-refractivity contribution >= 4 is 11.7 Å². The Morgan fingerprint density at radius 1 is 1.59 bits per heavy atom. The summed E-state index contributed by atoms with van der Waals surface area (Å²) in [5.74, 6) is -0.275. The van der Waals surface area contributed by atoms with Crippen LogP contribution in [0.15, 0.2) is 29.6 Å². The largest absolute Gasteiger partial charge is 0.409 e. The zero-order valence-corrected chi connectivity index (χ0v) is 9.71. The fraction of sp³-hybridized carbons (Fsp3) is 0.364. The third-order valence-electron chi connectivity index (χ3n) is 2.27. The van der Waals surface area contributed by atoms with Crippen LogP contribution in [0.4, 0.5) is 0 Å². The maximum absolute atomic E-state index is 11.8. The lowest BCUT2D eigenvalue weighted by Crippen LogP contribution is -2.33. The lowest BCUT2D eigenvalue weighted by molar-refractivity contribution is -0.130. The molecule has 6 nitrogen and oxygen atoms in total. The van der Waals surface area contributed by atoms with Gasteiger partial charge in [0, 0.05) is 12.7 Å². The van der Waals surface area contributed by atoms with Crippen LogP contribution in [0.5, 0.6) is 0 Å². The molecule has 3 N–H and O–H groups in total. The number of carbonyl (C=O) groups is 1. The van der Waals surface area contributed by atoms with E-state index in [1.807, 2.05) is 25.1 Å². The summed E-state index contributed by atoms with van der Waals surface area (Å²) < 4.78 is 0. The van der Waals surface area contributed by atoms with Gasteiger partial charge in [-0.1, -0.05) is 11.2 Å². The normalized spacial score (nSPS) is 11.2. The van der Waals surface area contributed by atoms with E-state index in [4.69, 9.17) is 10.9 Å². The Hall–Kier alpha value is -2.11. The molecule has 0 aliphatic carbocycles. The monoisotopic (exact) mass is 236 g/mol. The molecule has 0 saturated carbocycles. The van der Waals surface area contributed by atoms with Crippen molar-refractivity contribution in [3.05, 3.63) is 30.1 Å². The lowest BCUT2D eigenvalue weighted by Gasteiger charge is -2.20. The Morgan fingerprint density at radius 2 is 2.35 bits per heavy atom. The molecule has 1 heterocycles. The summed E-state index contributed by atoms with van der Waals surface area (Å²) >= 11 is 0. The number of oxime groups is 1. The van der Waals surface area contributed by atoms with Crippen molar-refractivity contribution in [3.8, 4) is 0 Å². The molecule has 0 aliphatic rings. The van der Waals surface area contributed by atoms with E-state index in [9.17, 15) is 4.79 Å². The second-order valence-electron chi connectivity index (χ2n) is 3.50. The molecule has 1 aromatic rings. The molecule has 1 rings (SSSR count). The number of rotatable bonds is 5. The second-order valence-corrected chi connectivity index (χ2v) is 3.50. The molecule has 0 unspecified atom stereocenters. The first-order valence-corrected chi connectivity index (χ1v) is 5.31. The highest BCUT2D eigenvalue weighted by Gasteiger charge is 2.14. The van der Waals surface area contributed by atoms with Crippen molar-refractivity contribution in [2.45, 2.75) is 19.9 Å². The van der Waals surface area contributed by atoms with Crippen molar-refractivity contribution in [3.63, 3.8) is 0 Å². The van der Waals surface area contributed by atoms with Gasteiger partial charge in [0.1, 0.15) is 5.84 Å². The molecule has 0 atom stereocenters. The smallest absolute Gasteiger partial charge is 0.230 e. The molecule has 0 aromatic carbocycles. The van der Waals surface area contributed by atoms with E-state index in [1.54, 1.807) is 11.1 Å². The lowest BCUT2D eigenvalue weighted by atomic mass is 10.3. The van der Waals surface area contributed by atoms with Gasteiger partial charge in [-0.15, -0.1) is 0 Å². The third kappa shape index (κ3) is 4.10. The number of aromatic nitrogens is 1. The maximum atomic E-state index is 11.8. The van der Waals surface area contributed by atoms with E-state index in [-0.39, 0.29) is 18.2 Å². The van der Waals surface area contributed by atoms with Crippen LogP contribution < -0.4 is 5.73 Å². The molecule has 92 valence electrons. The third-order valence-corrected chi connectivity index (χ3v) is 2.27. The van der Waals surface area contributed by atoms with E-state index >= 15 is 0 Å². The highest BCUT2D eigenvalue weighted by molar-refractivity contribution is 5.98. The van der Waals surface area contributed by atoms with Crippen LogP contribution in [0.3, 0.4) is 0 Å². The minimum Gasteiger partial charge on any atom is -0.409 e. The summed E-state index contributed by atoms with van der Waals surface area (Å²) in [6, 6.07) is 5.53. The van der Waals surface area contributed by atoms with Crippen LogP contribution in [0.25, 0.3) is 0 Å². The Bertz CT molecular complexity index is 392. The van der Waals surface area contributed by atoms with Crippen LogP contribution in [0.1, 0.15) is 19.0 Å². The number of hydrogen-bond donors (Lipinski definition) is 2. The van der Waals surface area contributed by atoms with Gasteiger partial charge in [0.25, 0.3) is 0 Å².